The van der Waals surface area contributed by atoms with Crippen molar-refractivity contribution in [3.05, 3.63) is 36.0 Å². The number of hydrogen-bond donors (Lipinski definition) is 3. The minimum atomic E-state index is -1.09. The van der Waals surface area contributed by atoms with Crippen molar-refractivity contribution in [2.45, 2.75) is 0 Å². The number of aromatic hydroxyl groups is 1. The molecule has 3 aromatic rings. The van der Waals surface area contributed by atoms with Gasteiger partial charge in [-0.25, -0.2) is 4.79 Å². The maximum absolute atomic E-state index is 11.0. The van der Waals surface area contributed by atoms with Gasteiger partial charge >= 0.3 is 5.97 Å². The largest absolute Gasteiger partial charge is 0.507 e. The van der Waals surface area contributed by atoms with Gasteiger partial charge in [0.05, 0.1) is 11.6 Å². The Morgan fingerprint density at radius 2 is 2.22 bits per heavy atom. The van der Waals surface area contributed by atoms with E-state index in [2.05, 4.69) is 10.2 Å². The molecule has 2 heterocycles. The van der Waals surface area contributed by atoms with Crippen molar-refractivity contribution in [3.8, 4) is 17.2 Å². The Morgan fingerprint density at radius 1 is 1.39 bits per heavy atom. The van der Waals surface area contributed by atoms with E-state index in [0.717, 1.165) is 0 Å². The fourth-order valence-electron chi connectivity index (χ4n) is 1.80. The van der Waals surface area contributed by atoms with Crippen LogP contribution in [0.15, 0.2) is 34.9 Å². The standard InChI is InChI=1S/C12H8N2O4/c15-8-2-1-3-9-6(8)4-10(18-9)11-7(12(16)17)5-13-14-11/h1-5,15H,(H,13,14)(H,16,17). The second kappa shape index (κ2) is 3.63. The normalized spacial score (nSPS) is 10.9. The molecule has 6 nitrogen and oxygen atoms in total. The van der Waals surface area contributed by atoms with E-state index in [-0.39, 0.29) is 17.0 Å². The third-order valence-electron chi connectivity index (χ3n) is 2.65. The predicted octanol–water partition coefficient (Wildman–Crippen LogP) is 2.23. The molecule has 0 aliphatic carbocycles. The lowest BCUT2D eigenvalue weighted by molar-refractivity contribution is 0.0697. The molecule has 0 unspecified atom stereocenters. The van der Waals surface area contributed by atoms with Gasteiger partial charge in [-0.1, -0.05) is 6.07 Å². The first-order valence-electron chi connectivity index (χ1n) is 5.15. The summed E-state index contributed by atoms with van der Waals surface area (Å²) >= 11 is 0. The van der Waals surface area contributed by atoms with Gasteiger partial charge in [-0.2, -0.15) is 5.10 Å². The zero-order valence-corrected chi connectivity index (χ0v) is 9.04. The molecule has 0 atom stereocenters. The number of benzene rings is 1. The molecular weight excluding hydrogens is 236 g/mol. The summed E-state index contributed by atoms with van der Waals surface area (Å²) in [7, 11) is 0. The number of furan rings is 1. The molecule has 1 aromatic carbocycles. The number of nitrogens with one attached hydrogen (secondary N) is 1. The van der Waals surface area contributed by atoms with Crippen molar-refractivity contribution >= 4 is 16.9 Å². The average molecular weight is 244 g/mol. The SMILES string of the molecule is O=C(O)c1cn[nH]c1-c1cc2c(O)cccc2o1. The third kappa shape index (κ3) is 1.43. The van der Waals surface area contributed by atoms with Gasteiger partial charge in [-0.3, -0.25) is 5.10 Å². The average Bonchev–Trinajstić information content (AvgIpc) is 2.95. The number of carboxylic acid groups (broad SMARTS) is 1. The molecule has 0 spiro atoms. The van der Waals surface area contributed by atoms with E-state index in [1.54, 1.807) is 18.2 Å². The number of aromatic nitrogens is 2. The molecule has 3 rings (SSSR count). The van der Waals surface area contributed by atoms with Gasteiger partial charge in [0.2, 0.25) is 0 Å². The zero-order valence-electron chi connectivity index (χ0n) is 9.04. The van der Waals surface area contributed by atoms with Gasteiger partial charge in [0, 0.05) is 0 Å². The molecule has 0 bridgehead atoms. The van der Waals surface area contributed by atoms with Crippen LogP contribution in [0.25, 0.3) is 22.4 Å². The fourth-order valence-corrected chi connectivity index (χ4v) is 1.80. The second-order valence-electron chi connectivity index (χ2n) is 3.76. The van der Waals surface area contributed by atoms with Crippen LogP contribution >= 0.6 is 0 Å². The van der Waals surface area contributed by atoms with Crippen molar-refractivity contribution in [2.75, 3.05) is 0 Å². The van der Waals surface area contributed by atoms with E-state index in [4.69, 9.17) is 9.52 Å². The molecule has 0 aliphatic heterocycles. The number of aromatic carboxylic acids is 1. The van der Waals surface area contributed by atoms with E-state index in [1.807, 2.05) is 0 Å². The topological polar surface area (TPSA) is 99.3 Å². The van der Waals surface area contributed by atoms with Gasteiger partial charge in [-0.15, -0.1) is 0 Å². The summed E-state index contributed by atoms with van der Waals surface area (Å²) in [5, 5.41) is 25.4. The number of carbonyl (C=O) groups is 1. The van der Waals surface area contributed by atoms with E-state index >= 15 is 0 Å². The summed E-state index contributed by atoms with van der Waals surface area (Å²) in [5.74, 6) is -0.691. The van der Waals surface area contributed by atoms with E-state index in [9.17, 15) is 9.90 Å². The number of carboxylic acids is 1. The van der Waals surface area contributed by atoms with Crippen LogP contribution in [0.1, 0.15) is 10.4 Å². The Morgan fingerprint density at radius 3 is 2.94 bits per heavy atom. The quantitative estimate of drug-likeness (QED) is 0.641. The minimum Gasteiger partial charge on any atom is -0.507 e. The number of nitrogens with zero attached hydrogens (tertiary/aromatic N) is 1. The molecule has 0 aliphatic rings. The minimum absolute atomic E-state index is 0.0218. The van der Waals surface area contributed by atoms with E-state index < -0.39 is 5.97 Å². The molecule has 18 heavy (non-hydrogen) atoms. The Balaban J connectivity index is 2.23. The number of rotatable bonds is 2. The van der Waals surface area contributed by atoms with Crippen molar-refractivity contribution in [1.82, 2.24) is 10.2 Å². The molecule has 0 saturated carbocycles. The van der Waals surface area contributed by atoms with Crippen LogP contribution in [-0.4, -0.2) is 26.4 Å². The summed E-state index contributed by atoms with van der Waals surface area (Å²) in [5.41, 5.74) is 0.780. The van der Waals surface area contributed by atoms with Crippen LogP contribution in [0.2, 0.25) is 0 Å². The van der Waals surface area contributed by atoms with Gasteiger partial charge in [0.1, 0.15) is 22.6 Å². The van der Waals surface area contributed by atoms with Gasteiger partial charge in [-0.05, 0) is 18.2 Å². The smallest absolute Gasteiger partial charge is 0.339 e. The van der Waals surface area contributed by atoms with E-state index in [1.165, 1.54) is 12.3 Å². The van der Waals surface area contributed by atoms with Crippen LogP contribution < -0.4 is 0 Å². The summed E-state index contributed by atoms with van der Waals surface area (Å²) in [6.07, 6.45) is 1.21. The Bertz CT molecular complexity index is 741. The summed E-state index contributed by atoms with van der Waals surface area (Å²) < 4.78 is 5.49. The number of fused-ring (bicyclic) bond motifs is 1. The molecule has 2 aromatic heterocycles. The van der Waals surface area contributed by atoms with Crippen LogP contribution in [-0.2, 0) is 0 Å². The first-order valence-corrected chi connectivity index (χ1v) is 5.15. The van der Waals surface area contributed by atoms with Gasteiger partial charge < -0.3 is 14.6 Å². The highest BCUT2D eigenvalue weighted by molar-refractivity contribution is 5.96. The van der Waals surface area contributed by atoms with E-state index in [0.29, 0.717) is 16.7 Å². The lowest BCUT2D eigenvalue weighted by atomic mass is 10.2. The van der Waals surface area contributed by atoms with Crippen molar-refractivity contribution in [2.24, 2.45) is 0 Å². The van der Waals surface area contributed by atoms with Gasteiger partial charge in [0.25, 0.3) is 0 Å². The van der Waals surface area contributed by atoms with Crippen molar-refractivity contribution in [1.29, 1.82) is 0 Å². The fraction of sp³-hybridized carbons (Fsp3) is 0. The first-order chi connectivity index (χ1) is 8.66. The number of hydrogen-bond acceptors (Lipinski definition) is 4. The molecule has 3 N–H and O–H groups in total. The number of aromatic amines is 1. The van der Waals surface area contributed by atoms with Crippen LogP contribution in [0.5, 0.6) is 5.75 Å². The molecular formula is C12H8N2O4. The first kappa shape index (κ1) is 10.4. The van der Waals surface area contributed by atoms with Crippen molar-refractivity contribution < 1.29 is 19.4 Å². The monoisotopic (exact) mass is 244 g/mol. The Kier molecular flexibility index (Phi) is 2.09. The summed E-state index contributed by atoms with van der Waals surface area (Å²) in [4.78, 5) is 11.0. The molecule has 0 radical (unpaired) electrons. The Hall–Kier alpha value is -2.76. The molecule has 0 saturated heterocycles. The lowest BCUT2D eigenvalue weighted by Crippen LogP contribution is -1.95. The van der Waals surface area contributed by atoms with Crippen LogP contribution in [0.3, 0.4) is 0 Å². The number of H-pyrrole nitrogens is 1. The molecule has 90 valence electrons. The predicted molar refractivity (Wildman–Crippen MR) is 62.4 cm³/mol. The molecule has 0 amide bonds. The number of phenols is 1. The highest BCUT2D eigenvalue weighted by Gasteiger charge is 2.18. The highest BCUT2D eigenvalue weighted by atomic mass is 16.4. The van der Waals surface area contributed by atoms with Crippen LogP contribution in [0, 0.1) is 0 Å². The van der Waals surface area contributed by atoms with Crippen molar-refractivity contribution in [3.63, 3.8) is 0 Å². The van der Waals surface area contributed by atoms with Crippen LogP contribution in [0.4, 0.5) is 0 Å². The third-order valence-corrected chi connectivity index (χ3v) is 2.65. The maximum Gasteiger partial charge on any atom is 0.339 e. The molecule has 0 fully saturated rings. The second-order valence-corrected chi connectivity index (χ2v) is 3.76. The number of phenolic OH excluding ortho intramolecular Hbond substituents is 1. The zero-order chi connectivity index (χ0) is 12.7. The maximum atomic E-state index is 11.0. The van der Waals surface area contributed by atoms with Gasteiger partial charge in [0.15, 0.2) is 5.76 Å². The molecule has 6 heteroatoms. The summed E-state index contributed by atoms with van der Waals surface area (Å²) in [6.45, 7) is 0. The lowest BCUT2D eigenvalue weighted by Gasteiger charge is -1.93. The highest BCUT2D eigenvalue weighted by Crippen LogP contribution is 2.33. The Labute approximate surface area is 100 Å². The summed E-state index contributed by atoms with van der Waals surface area (Å²) in [6, 6.07) is 6.45.